The summed E-state index contributed by atoms with van der Waals surface area (Å²) in [6, 6.07) is 26.9. The number of fused-ring (bicyclic) bond motifs is 1. The Bertz CT molecular complexity index is 1610. The number of halogens is 2. The summed E-state index contributed by atoms with van der Waals surface area (Å²) in [6.07, 6.45) is 1.63. The lowest BCUT2D eigenvalue weighted by molar-refractivity contribution is -0.117. The number of amides is 2. The summed E-state index contributed by atoms with van der Waals surface area (Å²) >= 11 is 0. The van der Waals surface area contributed by atoms with Gasteiger partial charge < -0.3 is 14.5 Å². The maximum absolute atomic E-state index is 14.4. The minimum atomic E-state index is -0.383. The fourth-order valence-corrected chi connectivity index (χ4v) is 5.09. The van der Waals surface area contributed by atoms with Gasteiger partial charge in [-0.25, -0.2) is 8.78 Å². The number of hydrogen-bond donors (Lipinski definition) is 0. The Morgan fingerprint density at radius 2 is 1.49 bits per heavy atom. The highest BCUT2D eigenvalue weighted by molar-refractivity contribution is 6.09. The number of rotatable bonds is 5. The molecule has 41 heavy (non-hydrogen) atoms. The van der Waals surface area contributed by atoms with Gasteiger partial charge in [0.15, 0.2) is 11.5 Å². The van der Waals surface area contributed by atoms with Crippen molar-refractivity contribution < 1.29 is 23.1 Å². The average Bonchev–Trinajstić information content (AvgIpc) is 3.01. The number of anilines is 2. The van der Waals surface area contributed by atoms with Crippen LogP contribution in [0.15, 0.2) is 103 Å². The highest BCUT2D eigenvalue weighted by atomic mass is 19.1. The van der Waals surface area contributed by atoms with Crippen molar-refractivity contribution in [2.75, 3.05) is 36.0 Å². The van der Waals surface area contributed by atoms with E-state index in [1.54, 1.807) is 83.8 Å². The SMILES string of the molecule is O=C(c1ccc(C=C2Oc3ccccc3N(Cc3ccccc3F)C2=O)cc1)N1CCN(c2ccc(F)cc2)CC1. The second kappa shape index (κ2) is 11.3. The quantitative estimate of drug-likeness (QED) is 0.290. The van der Waals surface area contributed by atoms with Crippen molar-refractivity contribution in [2.24, 2.45) is 0 Å². The minimum Gasteiger partial charge on any atom is -0.449 e. The molecule has 0 atom stereocenters. The molecule has 0 aliphatic carbocycles. The van der Waals surface area contributed by atoms with Crippen LogP contribution in [-0.2, 0) is 11.3 Å². The predicted molar refractivity (Wildman–Crippen MR) is 154 cm³/mol. The van der Waals surface area contributed by atoms with E-state index in [2.05, 4.69) is 4.90 Å². The molecule has 1 saturated heterocycles. The second-order valence-electron chi connectivity index (χ2n) is 9.94. The standard InChI is InChI=1S/C33H27F2N3O3/c34-26-13-15-27(16-14-26)36-17-19-37(20-18-36)32(39)24-11-9-23(10-12-24)21-31-33(40)38(22-25-5-1-2-6-28(25)35)29-7-3-4-8-30(29)41-31/h1-16,21H,17-20,22H2. The lowest BCUT2D eigenvalue weighted by Crippen LogP contribution is -2.48. The molecule has 0 N–H and O–H groups in total. The number of benzene rings is 4. The van der Waals surface area contributed by atoms with Crippen molar-refractivity contribution in [3.8, 4) is 5.75 Å². The van der Waals surface area contributed by atoms with Crippen molar-refractivity contribution in [1.29, 1.82) is 0 Å². The average molecular weight is 552 g/mol. The van der Waals surface area contributed by atoms with Gasteiger partial charge in [-0.3, -0.25) is 14.5 Å². The molecule has 4 aromatic carbocycles. The normalized spacial score (nSPS) is 16.0. The smallest absolute Gasteiger partial charge is 0.294 e. The van der Waals surface area contributed by atoms with E-state index < -0.39 is 0 Å². The first-order valence-corrected chi connectivity index (χ1v) is 13.4. The van der Waals surface area contributed by atoms with Crippen LogP contribution in [0.25, 0.3) is 6.08 Å². The first-order valence-electron chi connectivity index (χ1n) is 13.4. The Hall–Kier alpha value is -4.98. The highest BCUT2D eigenvalue weighted by Gasteiger charge is 2.31. The number of ether oxygens (including phenoxy) is 1. The number of nitrogens with zero attached hydrogens (tertiary/aromatic N) is 3. The van der Waals surface area contributed by atoms with Crippen LogP contribution in [0.4, 0.5) is 20.2 Å². The molecule has 0 radical (unpaired) electrons. The first kappa shape index (κ1) is 26.3. The third kappa shape index (κ3) is 5.54. The topological polar surface area (TPSA) is 53.1 Å². The summed E-state index contributed by atoms with van der Waals surface area (Å²) in [4.78, 5) is 32.1. The number of piperazine rings is 1. The fraction of sp³-hybridized carbons (Fsp3) is 0.152. The van der Waals surface area contributed by atoms with E-state index in [4.69, 9.17) is 4.74 Å². The number of carbonyl (C=O) groups excluding carboxylic acids is 2. The molecule has 0 saturated carbocycles. The first-order chi connectivity index (χ1) is 20.0. The zero-order valence-corrected chi connectivity index (χ0v) is 22.2. The molecular weight excluding hydrogens is 524 g/mol. The second-order valence-corrected chi connectivity index (χ2v) is 9.94. The van der Waals surface area contributed by atoms with E-state index in [1.807, 2.05) is 6.07 Å². The van der Waals surface area contributed by atoms with Crippen LogP contribution in [0.3, 0.4) is 0 Å². The van der Waals surface area contributed by atoms with Crippen LogP contribution in [0.1, 0.15) is 21.5 Å². The predicted octanol–water partition coefficient (Wildman–Crippen LogP) is 5.89. The van der Waals surface area contributed by atoms with Crippen LogP contribution >= 0.6 is 0 Å². The molecule has 0 bridgehead atoms. The van der Waals surface area contributed by atoms with E-state index in [0.717, 1.165) is 5.69 Å². The molecule has 0 spiro atoms. The minimum absolute atomic E-state index is 0.0606. The molecule has 8 heteroatoms. The van der Waals surface area contributed by atoms with Crippen LogP contribution < -0.4 is 14.5 Å². The Kier molecular flexibility index (Phi) is 7.20. The number of para-hydroxylation sites is 2. The molecule has 0 aromatic heterocycles. The Morgan fingerprint density at radius 1 is 0.805 bits per heavy atom. The van der Waals surface area contributed by atoms with Crippen molar-refractivity contribution in [3.05, 3.63) is 131 Å². The molecule has 2 heterocycles. The number of hydrogen-bond acceptors (Lipinski definition) is 4. The zero-order chi connectivity index (χ0) is 28.3. The Labute approximate surface area is 236 Å². The van der Waals surface area contributed by atoms with Gasteiger partial charge >= 0.3 is 0 Å². The largest absolute Gasteiger partial charge is 0.449 e. The summed E-state index contributed by atoms with van der Waals surface area (Å²) in [5, 5.41) is 0. The van der Waals surface area contributed by atoms with Crippen LogP contribution in [0, 0.1) is 11.6 Å². The summed E-state index contributed by atoms with van der Waals surface area (Å²) in [7, 11) is 0. The summed E-state index contributed by atoms with van der Waals surface area (Å²) < 4.78 is 33.6. The third-order valence-corrected chi connectivity index (χ3v) is 7.33. The molecule has 2 aliphatic rings. The summed E-state index contributed by atoms with van der Waals surface area (Å²) in [5.74, 6) is -0.501. The molecule has 6 nitrogen and oxygen atoms in total. The lowest BCUT2D eigenvalue weighted by atomic mass is 10.1. The van der Waals surface area contributed by atoms with Gasteiger partial charge in [-0.1, -0.05) is 42.5 Å². The summed E-state index contributed by atoms with van der Waals surface area (Å²) in [6.45, 7) is 2.49. The molecule has 4 aromatic rings. The molecular formula is C33H27F2N3O3. The van der Waals surface area contributed by atoms with Crippen molar-refractivity contribution in [3.63, 3.8) is 0 Å². The maximum Gasteiger partial charge on any atom is 0.294 e. The molecule has 0 unspecified atom stereocenters. The van der Waals surface area contributed by atoms with E-state index >= 15 is 0 Å². The van der Waals surface area contributed by atoms with Crippen molar-refractivity contribution >= 4 is 29.3 Å². The number of carbonyl (C=O) groups is 2. The van der Waals surface area contributed by atoms with Gasteiger partial charge in [0.2, 0.25) is 0 Å². The van der Waals surface area contributed by atoms with E-state index in [1.165, 1.54) is 23.1 Å². The van der Waals surface area contributed by atoms with Gasteiger partial charge in [-0.2, -0.15) is 0 Å². The van der Waals surface area contributed by atoms with Gasteiger partial charge in [-0.05, 0) is 66.2 Å². The fourth-order valence-electron chi connectivity index (χ4n) is 5.09. The molecule has 2 amide bonds. The lowest BCUT2D eigenvalue weighted by Gasteiger charge is -2.36. The maximum atomic E-state index is 14.4. The van der Waals surface area contributed by atoms with Gasteiger partial charge in [-0.15, -0.1) is 0 Å². The third-order valence-electron chi connectivity index (χ3n) is 7.33. The van der Waals surface area contributed by atoms with Gasteiger partial charge in [0, 0.05) is 43.0 Å². The van der Waals surface area contributed by atoms with Crippen LogP contribution in [0.2, 0.25) is 0 Å². The molecule has 1 fully saturated rings. The molecule has 2 aliphatic heterocycles. The molecule has 206 valence electrons. The monoisotopic (exact) mass is 551 g/mol. The van der Waals surface area contributed by atoms with E-state index in [0.29, 0.717) is 54.3 Å². The van der Waals surface area contributed by atoms with Gasteiger partial charge in [0.1, 0.15) is 11.6 Å². The van der Waals surface area contributed by atoms with Gasteiger partial charge in [0.05, 0.1) is 12.2 Å². The van der Waals surface area contributed by atoms with Crippen molar-refractivity contribution in [2.45, 2.75) is 6.54 Å². The highest BCUT2D eigenvalue weighted by Crippen LogP contribution is 2.36. The van der Waals surface area contributed by atoms with Crippen LogP contribution in [-0.4, -0.2) is 42.9 Å². The Morgan fingerprint density at radius 3 is 2.22 bits per heavy atom. The zero-order valence-electron chi connectivity index (χ0n) is 22.2. The molecule has 6 rings (SSSR count). The van der Waals surface area contributed by atoms with E-state index in [9.17, 15) is 18.4 Å². The summed E-state index contributed by atoms with van der Waals surface area (Å²) in [5.41, 5.74) is 3.14. The Balaban J connectivity index is 1.16. The van der Waals surface area contributed by atoms with Gasteiger partial charge in [0.25, 0.3) is 11.8 Å². The van der Waals surface area contributed by atoms with Crippen molar-refractivity contribution in [1.82, 2.24) is 4.90 Å². The van der Waals surface area contributed by atoms with E-state index in [-0.39, 0.29) is 35.8 Å². The van der Waals surface area contributed by atoms with Crippen LogP contribution in [0.5, 0.6) is 5.75 Å².